The van der Waals surface area contributed by atoms with E-state index in [9.17, 15) is 8.42 Å². The Morgan fingerprint density at radius 1 is 1.44 bits per heavy atom. The lowest BCUT2D eigenvalue weighted by Gasteiger charge is -2.25. The molecule has 4 nitrogen and oxygen atoms in total. The molecule has 0 saturated heterocycles. The van der Waals surface area contributed by atoms with Crippen LogP contribution in [0.2, 0.25) is 0 Å². The molecule has 0 aliphatic carbocycles. The number of rotatable bonds is 5. The number of nitrogens with two attached hydrogens (primary N) is 1. The highest BCUT2D eigenvalue weighted by molar-refractivity contribution is 7.89. The van der Waals surface area contributed by atoms with E-state index in [4.69, 9.17) is 18.0 Å². The zero-order valence-corrected chi connectivity index (χ0v) is 12.4. The van der Waals surface area contributed by atoms with E-state index in [1.807, 2.05) is 13.0 Å². The first-order chi connectivity index (χ1) is 8.25. The summed E-state index contributed by atoms with van der Waals surface area (Å²) in [5.74, 6) is 0. The average molecular weight is 286 g/mol. The Morgan fingerprint density at radius 2 is 2.06 bits per heavy atom. The third-order valence-electron chi connectivity index (χ3n) is 2.48. The van der Waals surface area contributed by atoms with Gasteiger partial charge in [-0.3, -0.25) is 0 Å². The minimum absolute atomic E-state index is 0.0588. The molecule has 0 heterocycles. The molecule has 0 fully saturated rings. The molecule has 18 heavy (non-hydrogen) atoms. The fraction of sp³-hybridized carbons (Fsp3) is 0.417. The Bertz CT molecular complexity index is 539. The van der Waals surface area contributed by atoms with Gasteiger partial charge in [-0.05, 0) is 38.5 Å². The second-order valence-corrected chi connectivity index (χ2v) is 6.84. The SMILES string of the molecule is Cc1cccc(S(=O)(=O)N(CC(N)=S)C(C)C)c1. The number of thiocarbonyl (C=S) groups is 1. The van der Waals surface area contributed by atoms with Gasteiger partial charge in [0.2, 0.25) is 10.0 Å². The van der Waals surface area contributed by atoms with Crippen molar-refractivity contribution in [1.29, 1.82) is 0 Å². The summed E-state index contributed by atoms with van der Waals surface area (Å²) < 4.78 is 26.3. The van der Waals surface area contributed by atoms with Crippen LogP contribution in [0.5, 0.6) is 0 Å². The van der Waals surface area contributed by atoms with E-state index < -0.39 is 10.0 Å². The minimum Gasteiger partial charge on any atom is -0.392 e. The van der Waals surface area contributed by atoms with Crippen LogP contribution in [0.1, 0.15) is 19.4 Å². The van der Waals surface area contributed by atoms with Gasteiger partial charge in [-0.2, -0.15) is 4.31 Å². The van der Waals surface area contributed by atoms with Crippen molar-refractivity contribution in [2.45, 2.75) is 31.7 Å². The van der Waals surface area contributed by atoms with Gasteiger partial charge in [0.1, 0.15) is 0 Å². The summed E-state index contributed by atoms with van der Waals surface area (Å²) in [5, 5.41) is 0. The Hall–Kier alpha value is -0.980. The maximum atomic E-state index is 12.5. The van der Waals surface area contributed by atoms with E-state index in [2.05, 4.69) is 0 Å². The van der Waals surface area contributed by atoms with Gasteiger partial charge < -0.3 is 5.73 Å². The molecule has 0 atom stereocenters. The smallest absolute Gasteiger partial charge is 0.243 e. The van der Waals surface area contributed by atoms with E-state index in [-0.39, 0.29) is 22.5 Å². The van der Waals surface area contributed by atoms with Gasteiger partial charge in [0.05, 0.1) is 16.4 Å². The van der Waals surface area contributed by atoms with Gasteiger partial charge in [0, 0.05) is 6.04 Å². The van der Waals surface area contributed by atoms with E-state index in [1.54, 1.807) is 32.0 Å². The molecular formula is C12H18N2O2S2. The third-order valence-corrected chi connectivity index (χ3v) is 4.63. The zero-order chi connectivity index (χ0) is 13.9. The molecule has 0 aliphatic heterocycles. The summed E-state index contributed by atoms with van der Waals surface area (Å²) in [6, 6.07) is 6.60. The zero-order valence-electron chi connectivity index (χ0n) is 10.8. The molecule has 1 rings (SSSR count). The molecule has 0 spiro atoms. The van der Waals surface area contributed by atoms with Gasteiger partial charge >= 0.3 is 0 Å². The lowest BCUT2D eigenvalue weighted by atomic mass is 10.2. The molecule has 0 amide bonds. The van der Waals surface area contributed by atoms with E-state index >= 15 is 0 Å². The predicted octanol–water partition coefficient (Wildman–Crippen LogP) is 1.68. The lowest BCUT2D eigenvalue weighted by molar-refractivity contribution is 0.391. The van der Waals surface area contributed by atoms with E-state index in [0.29, 0.717) is 0 Å². The fourth-order valence-electron chi connectivity index (χ4n) is 1.61. The molecule has 0 unspecified atom stereocenters. The fourth-order valence-corrected chi connectivity index (χ4v) is 3.55. The summed E-state index contributed by atoms with van der Waals surface area (Å²) in [7, 11) is -3.55. The second-order valence-electron chi connectivity index (χ2n) is 4.43. The van der Waals surface area contributed by atoms with Crippen LogP contribution in [0.4, 0.5) is 0 Å². The first kappa shape index (κ1) is 15.1. The maximum Gasteiger partial charge on any atom is 0.243 e. The quantitative estimate of drug-likeness (QED) is 0.837. The molecule has 0 bridgehead atoms. The van der Waals surface area contributed by atoms with Crippen molar-refractivity contribution >= 4 is 27.2 Å². The van der Waals surface area contributed by atoms with Crippen molar-refractivity contribution in [2.75, 3.05) is 6.54 Å². The number of hydrogen-bond acceptors (Lipinski definition) is 3. The minimum atomic E-state index is -3.55. The molecule has 0 saturated carbocycles. The van der Waals surface area contributed by atoms with Crippen molar-refractivity contribution in [3.8, 4) is 0 Å². The Balaban J connectivity index is 3.21. The number of aryl methyl sites for hydroxylation is 1. The number of hydrogen-bond donors (Lipinski definition) is 1. The molecule has 1 aromatic rings. The van der Waals surface area contributed by atoms with Crippen LogP contribution >= 0.6 is 12.2 Å². The monoisotopic (exact) mass is 286 g/mol. The van der Waals surface area contributed by atoms with Crippen molar-refractivity contribution in [3.05, 3.63) is 29.8 Å². The number of benzene rings is 1. The highest BCUT2D eigenvalue weighted by atomic mass is 32.2. The predicted molar refractivity (Wildman–Crippen MR) is 77.0 cm³/mol. The van der Waals surface area contributed by atoms with Crippen LogP contribution in [0, 0.1) is 6.92 Å². The first-order valence-electron chi connectivity index (χ1n) is 5.62. The maximum absolute atomic E-state index is 12.5. The lowest BCUT2D eigenvalue weighted by Crippen LogP contribution is -2.42. The van der Waals surface area contributed by atoms with Gasteiger partial charge in [-0.15, -0.1) is 0 Å². The van der Waals surface area contributed by atoms with Crippen LogP contribution in [-0.2, 0) is 10.0 Å². The molecule has 0 radical (unpaired) electrons. The summed E-state index contributed by atoms with van der Waals surface area (Å²) in [5.41, 5.74) is 6.36. The summed E-state index contributed by atoms with van der Waals surface area (Å²) in [6.45, 7) is 5.51. The van der Waals surface area contributed by atoms with Crippen LogP contribution in [0.3, 0.4) is 0 Å². The first-order valence-corrected chi connectivity index (χ1v) is 7.47. The third kappa shape index (κ3) is 3.51. The van der Waals surface area contributed by atoms with Crippen LogP contribution in [0.25, 0.3) is 0 Å². The summed E-state index contributed by atoms with van der Waals surface area (Å²) >= 11 is 4.81. The van der Waals surface area contributed by atoms with Crippen molar-refractivity contribution in [2.24, 2.45) is 5.73 Å². The second kappa shape index (κ2) is 5.77. The number of sulfonamides is 1. The topological polar surface area (TPSA) is 63.4 Å². The highest BCUT2D eigenvalue weighted by Crippen LogP contribution is 2.18. The molecule has 2 N–H and O–H groups in total. The summed E-state index contributed by atoms with van der Waals surface area (Å²) in [6.07, 6.45) is 0. The molecule has 1 aromatic carbocycles. The van der Waals surface area contributed by atoms with E-state index in [1.165, 1.54) is 4.31 Å². The molecule has 100 valence electrons. The Kier molecular flexibility index (Phi) is 4.84. The van der Waals surface area contributed by atoms with Gasteiger partial charge in [-0.1, -0.05) is 24.4 Å². The van der Waals surface area contributed by atoms with Gasteiger partial charge in [-0.25, -0.2) is 8.42 Å². The standard InChI is InChI=1S/C12H18N2O2S2/c1-9(2)14(8-12(13)17)18(15,16)11-6-4-5-10(3)7-11/h4-7,9H,8H2,1-3H3,(H2,13,17). The van der Waals surface area contributed by atoms with Gasteiger partial charge in [0.15, 0.2) is 0 Å². The van der Waals surface area contributed by atoms with Crippen LogP contribution < -0.4 is 5.73 Å². The largest absolute Gasteiger partial charge is 0.392 e. The molecule has 0 aromatic heterocycles. The highest BCUT2D eigenvalue weighted by Gasteiger charge is 2.27. The summed E-state index contributed by atoms with van der Waals surface area (Å²) in [4.78, 5) is 0.437. The molecule has 6 heteroatoms. The van der Waals surface area contributed by atoms with Gasteiger partial charge in [0.25, 0.3) is 0 Å². The molecular weight excluding hydrogens is 268 g/mol. The van der Waals surface area contributed by atoms with Crippen molar-refractivity contribution in [1.82, 2.24) is 4.31 Å². The van der Waals surface area contributed by atoms with Crippen LogP contribution in [0.15, 0.2) is 29.2 Å². The van der Waals surface area contributed by atoms with Crippen molar-refractivity contribution < 1.29 is 8.42 Å². The normalized spacial score (nSPS) is 12.1. The van der Waals surface area contributed by atoms with E-state index in [0.717, 1.165) is 5.56 Å². The number of nitrogens with zero attached hydrogens (tertiary/aromatic N) is 1. The van der Waals surface area contributed by atoms with Crippen molar-refractivity contribution in [3.63, 3.8) is 0 Å². The molecule has 0 aliphatic rings. The Labute approximate surface area is 114 Å². The average Bonchev–Trinajstić information content (AvgIpc) is 2.25. The van der Waals surface area contributed by atoms with Crippen LogP contribution in [-0.4, -0.2) is 30.3 Å². The Morgan fingerprint density at radius 3 is 2.50 bits per heavy atom.